The molecule has 2 aliphatic heterocycles. The van der Waals surface area contributed by atoms with Gasteiger partial charge in [-0.2, -0.15) is 17.6 Å². The number of carbonyl (C=O) groups excluding carboxylic acids is 3. The van der Waals surface area contributed by atoms with Crippen LogP contribution in [0.1, 0.15) is 22.8 Å². The Kier molecular flexibility index (Phi) is 5.94. The van der Waals surface area contributed by atoms with Crippen LogP contribution in [0.5, 0.6) is 23.0 Å². The zero-order valence-electron chi connectivity index (χ0n) is 17.3. The minimum Gasteiger partial charge on any atom is -0.454 e. The van der Waals surface area contributed by atoms with Crippen molar-refractivity contribution in [3.8, 4) is 23.0 Å². The van der Waals surface area contributed by atoms with E-state index in [-0.39, 0.29) is 6.79 Å². The van der Waals surface area contributed by atoms with Crippen LogP contribution < -0.4 is 24.3 Å². The van der Waals surface area contributed by atoms with Crippen molar-refractivity contribution >= 4 is 17.7 Å². The van der Waals surface area contributed by atoms with Gasteiger partial charge in [0.05, 0.1) is 12.1 Å². The van der Waals surface area contributed by atoms with Gasteiger partial charge in [-0.3, -0.25) is 14.5 Å². The first kappa shape index (κ1) is 23.1. The lowest BCUT2D eigenvalue weighted by Gasteiger charge is -2.22. The van der Waals surface area contributed by atoms with E-state index in [0.29, 0.717) is 28.0 Å². The summed E-state index contributed by atoms with van der Waals surface area (Å²) in [4.78, 5) is 39.1. The Morgan fingerprint density at radius 2 is 1.76 bits per heavy atom. The summed E-state index contributed by atoms with van der Waals surface area (Å²) in [7, 11) is 0. The molecule has 0 radical (unpaired) electrons. The third-order valence-electron chi connectivity index (χ3n) is 5.22. The average molecular weight is 484 g/mol. The number of rotatable bonds is 8. The quantitative estimate of drug-likeness (QED) is 0.349. The molecule has 0 unspecified atom stereocenters. The number of nitrogens with one attached hydrogen (secondary N) is 1. The van der Waals surface area contributed by atoms with Gasteiger partial charge >= 0.3 is 19.3 Å². The number of imide groups is 1. The molecule has 13 heteroatoms. The zero-order valence-corrected chi connectivity index (χ0v) is 17.3. The second-order valence-corrected chi connectivity index (χ2v) is 7.35. The van der Waals surface area contributed by atoms with Crippen LogP contribution >= 0.6 is 0 Å². The number of carbonyl (C=O) groups is 3. The predicted molar refractivity (Wildman–Crippen MR) is 104 cm³/mol. The minimum atomic E-state index is -3.38. The molecule has 1 saturated heterocycles. The zero-order chi connectivity index (χ0) is 24.6. The number of benzene rings is 2. The van der Waals surface area contributed by atoms with Crippen molar-refractivity contribution in [2.75, 3.05) is 13.3 Å². The van der Waals surface area contributed by atoms with Gasteiger partial charge in [-0.15, -0.1) is 0 Å². The Morgan fingerprint density at radius 3 is 2.47 bits per heavy atom. The molecule has 34 heavy (non-hydrogen) atoms. The van der Waals surface area contributed by atoms with E-state index < -0.39 is 60.1 Å². The predicted octanol–water partition coefficient (Wildman–Crippen LogP) is 3.27. The number of hydrogen-bond acceptors (Lipinski definition) is 7. The molecule has 180 valence electrons. The molecule has 0 aliphatic carbocycles. The summed E-state index contributed by atoms with van der Waals surface area (Å²) in [6.45, 7) is -6.00. The van der Waals surface area contributed by atoms with Crippen LogP contribution in [0, 0.1) is 0 Å². The van der Waals surface area contributed by atoms with Crippen molar-refractivity contribution in [1.82, 2.24) is 10.2 Å². The van der Waals surface area contributed by atoms with E-state index in [1.807, 2.05) is 0 Å². The van der Waals surface area contributed by atoms with Crippen LogP contribution in [0.3, 0.4) is 0 Å². The number of alkyl halides is 4. The molecule has 2 heterocycles. The van der Waals surface area contributed by atoms with E-state index >= 15 is 0 Å². The number of ether oxygens (including phenoxy) is 4. The highest BCUT2D eigenvalue weighted by atomic mass is 19.3. The Balaban J connectivity index is 1.57. The first-order chi connectivity index (χ1) is 16.1. The maximum Gasteiger partial charge on any atom is 0.387 e. The SMILES string of the molecule is C[C@@]1(c2ccc3c(c2)OCO3)NC(=O)N(CC(=O)c2ccc(OC(F)F)cc2OC(F)F)C1=O. The molecule has 2 aromatic rings. The number of urea groups is 1. The molecule has 1 atom stereocenters. The van der Waals surface area contributed by atoms with Gasteiger partial charge in [-0.25, -0.2) is 4.79 Å². The number of halogens is 4. The lowest BCUT2D eigenvalue weighted by Crippen LogP contribution is -2.41. The summed E-state index contributed by atoms with van der Waals surface area (Å²) in [5.74, 6) is -2.16. The second-order valence-electron chi connectivity index (χ2n) is 7.35. The number of ketones is 1. The molecule has 4 rings (SSSR count). The fourth-order valence-corrected chi connectivity index (χ4v) is 3.58. The standard InChI is InChI=1S/C21H16F4N2O7/c1-21(10-2-5-14-16(6-10)32-9-31-14)17(29)27(20(30)26-21)8-13(28)12-4-3-11(33-18(22)23)7-15(12)34-19(24)25/h2-7,18-19H,8-9H2,1H3,(H,26,30)/t21-/m0/s1. The summed E-state index contributed by atoms with van der Waals surface area (Å²) in [6.07, 6.45) is 0. The third-order valence-corrected chi connectivity index (χ3v) is 5.22. The van der Waals surface area contributed by atoms with E-state index in [2.05, 4.69) is 14.8 Å². The molecular weight excluding hydrogens is 468 g/mol. The molecule has 0 spiro atoms. The minimum absolute atomic E-state index is 0.000594. The Morgan fingerprint density at radius 1 is 1.06 bits per heavy atom. The number of fused-ring (bicyclic) bond motifs is 1. The van der Waals surface area contributed by atoms with Gasteiger partial charge in [-0.1, -0.05) is 6.07 Å². The molecular formula is C21H16F4N2O7. The van der Waals surface area contributed by atoms with Gasteiger partial charge in [-0.05, 0) is 36.8 Å². The lowest BCUT2D eigenvalue weighted by molar-refractivity contribution is -0.130. The van der Waals surface area contributed by atoms with Gasteiger partial charge in [0.2, 0.25) is 6.79 Å². The monoisotopic (exact) mass is 484 g/mol. The van der Waals surface area contributed by atoms with Gasteiger partial charge < -0.3 is 24.3 Å². The molecule has 9 nitrogen and oxygen atoms in total. The van der Waals surface area contributed by atoms with Crippen molar-refractivity contribution < 1.29 is 50.9 Å². The van der Waals surface area contributed by atoms with Crippen LogP contribution in [0.25, 0.3) is 0 Å². The van der Waals surface area contributed by atoms with E-state index in [9.17, 15) is 31.9 Å². The summed E-state index contributed by atoms with van der Waals surface area (Å²) < 4.78 is 69.4. The molecule has 3 amide bonds. The normalized spacial score (nSPS) is 19.1. The number of hydrogen-bond donors (Lipinski definition) is 1. The average Bonchev–Trinajstić information content (AvgIpc) is 3.31. The van der Waals surface area contributed by atoms with E-state index in [4.69, 9.17) is 9.47 Å². The summed E-state index contributed by atoms with van der Waals surface area (Å²) in [5.41, 5.74) is -1.64. The molecule has 1 N–H and O–H groups in total. The number of amides is 3. The molecule has 0 bridgehead atoms. The van der Waals surface area contributed by atoms with Crippen molar-refractivity contribution in [3.05, 3.63) is 47.5 Å². The smallest absolute Gasteiger partial charge is 0.387 e. The molecule has 1 fully saturated rings. The molecule has 0 aromatic heterocycles. The fraction of sp³-hybridized carbons (Fsp3) is 0.286. The maximum absolute atomic E-state index is 13.1. The van der Waals surface area contributed by atoms with Crippen LogP contribution in [0.2, 0.25) is 0 Å². The summed E-state index contributed by atoms with van der Waals surface area (Å²) >= 11 is 0. The Hall–Kier alpha value is -4.03. The van der Waals surface area contributed by atoms with E-state index in [0.717, 1.165) is 12.1 Å². The summed E-state index contributed by atoms with van der Waals surface area (Å²) in [6, 6.07) is 6.29. The van der Waals surface area contributed by atoms with Crippen molar-refractivity contribution in [2.24, 2.45) is 0 Å². The topological polar surface area (TPSA) is 103 Å². The summed E-state index contributed by atoms with van der Waals surface area (Å²) in [5, 5.41) is 2.51. The number of Topliss-reactive ketones (excluding diaryl/α,β-unsaturated/α-hetero) is 1. The van der Waals surface area contributed by atoms with Gasteiger partial charge in [0, 0.05) is 6.07 Å². The largest absolute Gasteiger partial charge is 0.454 e. The highest BCUT2D eigenvalue weighted by molar-refractivity contribution is 6.11. The van der Waals surface area contributed by atoms with Crippen molar-refractivity contribution in [1.29, 1.82) is 0 Å². The van der Waals surface area contributed by atoms with Crippen LogP contribution in [-0.2, 0) is 10.3 Å². The van der Waals surface area contributed by atoms with Crippen molar-refractivity contribution in [3.63, 3.8) is 0 Å². The van der Waals surface area contributed by atoms with Crippen LogP contribution in [0.15, 0.2) is 36.4 Å². The fourth-order valence-electron chi connectivity index (χ4n) is 3.58. The molecule has 2 aliphatic rings. The molecule has 2 aromatic carbocycles. The highest BCUT2D eigenvalue weighted by Gasteiger charge is 2.50. The van der Waals surface area contributed by atoms with Gasteiger partial charge in [0.15, 0.2) is 17.3 Å². The number of nitrogens with zero attached hydrogens (tertiary/aromatic N) is 1. The Bertz CT molecular complexity index is 1160. The van der Waals surface area contributed by atoms with Crippen LogP contribution in [0.4, 0.5) is 22.4 Å². The van der Waals surface area contributed by atoms with Gasteiger partial charge in [0.25, 0.3) is 5.91 Å². The van der Waals surface area contributed by atoms with Crippen molar-refractivity contribution in [2.45, 2.75) is 25.7 Å². The first-order valence-corrected chi connectivity index (χ1v) is 9.69. The van der Waals surface area contributed by atoms with Gasteiger partial charge in [0.1, 0.15) is 17.0 Å². The lowest BCUT2D eigenvalue weighted by atomic mass is 9.91. The maximum atomic E-state index is 13.1. The highest BCUT2D eigenvalue weighted by Crippen LogP contribution is 2.38. The van der Waals surface area contributed by atoms with Crippen LogP contribution in [-0.4, -0.2) is 49.2 Å². The third kappa shape index (κ3) is 4.28. The van der Waals surface area contributed by atoms with E-state index in [1.54, 1.807) is 12.1 Å². The van der Waals surface area contributed by atoms with E-state index in [1.165, 1.54) is 13.0 Å². The molecule has 0 saturated carbocycles. The first-order valence-electron chi connectivity index (χ1n) is 9.69. The Labute approximate surface area is 189 Å². The second kappa shape index (κ2) is 8.72.